The van der Waals surface area contributed by atoms with E-state index in [1.807, 2.05) is 0 Å². The molecule has 0 radical (unpaired) electrons. The van der Waals surface area contributed by atoms with Crippen LogP contribution in [0.5, 0.6) is 0 Å². The molecule has 0 aliphatic heterocycles. The van der Waals surface area contributed by atoms with Crippen LogP contribution in [0.3, 0.4) is 0 Å². The highest BCUT2D eigenvalue weighted by Crippen LogP contribution is 2.08. The van der Waals surface area contributed by atoms with E-state index >= 15 is 0 Å². The molecule has 16 heavy (non-hydrogen) atoms. The minimum Gasteiger partial charge on any atom is -0.478 e. The molecule has 0 atom stereocenters. The SMILES string of the molecule is CC(=CC(=O)O)COCc1ccccc1F. The molecule has 0 bridgehead atoms. The first-order chi connectivity index (χ1) is 7.59. The van der Waals surface area contributed by atoms with Crippen molar-refractivity contribution in [2.24, 2.45) is 0 Å². The summed E-state index contributed by atoms with van der Waals surface area (Å²) >= 11 is 0. The first kappa shape index (κ1) is 12.4. The predicted octanol–water partition coefficient (Wildman–Crippen LogP) is 2.37. The highest BCUT2D eigenvalue weighted by molar-refractivity contribution is 5.80. The molecule has 1 N–H and O–H groups in total. The van der Waals surface area contributed by atoms with Gasteiger partial charge >= 0.3 is 5.97 Å². The lowest BCUT2D eigenvalue weighted by atomic mass is 10.2. The first-order valence-corrected chi connectivity index (χ1v) is 4.81. The Bertz CT molecular complexity index is 399. The molecule has 0 saturated carbocycles. The van der Waals surface area contributed by atoms with E-state index in [-0.39, 0.29) is 19.0 Å². The number of halogens is 1. The molecule has 0 aliphatic rings. The highest BCUT2D eigenvalue weighted by Gasteiger charge is 2.01. The number of benzene rings is 1. The molecule has 0 aliphatic carbocycles. The number of carboxylic acids is 1. The first-order valence-electron chi connectivity index (χ1n) is 4.81. The van der Waals surface area contributed by atoms with Crippen molar-refractivity contribution in [2.45, 2.75) is 13.5 Å². The van der Waals surface area contributed by atoms with Crippen molar-refractivity contribution < 1.29 is 19.0 Å². The molecule has 0 unspecified atom stereocenters. The van der Waals surface area contributed by atoms with Gasteiger partial charge in [-0.15, -0.1) is 0 Å². The van der Waals surface area contributed by atoms with Crippen molar-refractivity contribution in [1.29, 1.82) is 0 Å². The Morgan fingerprint density at radius 2 is 2.19 bits per heavy atom. The molecule has 1 aromatic rings. The molecule has 0 fully saturated rings. The van der Waals surface area contributed by atoms with Crippen LogP contribution < -0.4 is 0 Å². The predicted molar refractivity (Wildman–Crippen MR) is 57.4 cm³/mol. The summed E-state index contributed by atoms with van der Waals surface area (Å²) in [5, 5.41) is 8.45. The molecule has 86 valence electrons. The van der Waals surface area contributed by atoms with Gasteiger partial charge in [-0.2, -0.15) is 0 Å². The van der Waals surface area contributed by atoms with E-state index in [4.69, 9.17) is 9.84 Å². The maximum atomic E-state index is 13.1. The van der Waals surface area contributed by atoms with Crippen LogP contribution in [0.25, 0.3) is 0 Å². The van der Waals surface area contributed by atoms with E-state index in [0.29, 0.717) is 11.1 Å². The maximum Gasteiger partial charge on any atom is 0.328 e. The monoisotopic (exact) mass is 224 g/mol. The average Bonchev–Trinajstić information content (AvgIpc) is 2.19. The van der Waals surface area contributed by atoms with Crippen LogP contribution in [-0.4, -0.2) is 17.7 Å². The van der Waals surface area contributed by atoms with Gasteiger partial charge in [-0.25, -0.2) is 9.18 Å². The molecule has 4 heteroatoms. The second kappa shape index (κ2) is 6.02. The van der Waals surface area contributed by atoms with E-state index < -0.39 is 5.97 Å². The highest BCUT2D eigenvalue weighted by atomic mass is 19.1. The normalized spacial score (nSPS) is 11.5. The third-order valence-electron chi connectivity index (χ3n) is 1.92. The number of carbonyl (C=O) groups is 1. The molecule has 1 aromatic carbocycles. The fraction of sp³-hybridized carbons (Fsp3) is 0.250. The summed E-state index contributed by atoms with van der Waals surface area (Å²) in [6, 6.07) is 6.32. The van der Waals surface area contributed by atoms with Gasteiger partial charge in [0.1, 0.15) is 5.82 Å². The third-order valence-corrected chi connectivity index (χ3v) is 1.92. The summed E-state index contributed by atoms with van der Waals surface area (Å²) in [7, 11) is 0. The third kappa shape index (κ3) is 4.23. The van der Waals surface area contributed by atoms with Gasteiger partial charge in [-0.1, -0.05) is 18.2 Å². The second-order valence-corrected chi connectivity index (χ2v) is 3.41. The summed E-state index contributed by atoms with van der Waals surface area (Å²) in [5.41, 5.74) is 1.05. The summed E-state index contributed by atoms with van der Waals surface area (Å²) in [4.78, 5) is 10.3. The van der Waals surface area contributed by atoms with Crippen LogP contribution in [0.1, 0.15) is 12.5 Å². The zero-order valence-corrected chi connectivity index (χ0v) is 8.94. The van der Waals surface area contributed by atoms with Crippen molar-refractivity contribution in [1.82, 2.24) is 0 Å². The lowest BCUT2D eigenvalue weighted by molar-refractivity contribution is -0.131. The molecule has 3 nitrogen and oxygen atoms in total. The zero-order valence-electron chi connectivity index (χ0n) is 8.94. The van der Waals surface area contributed by atoms with Gasteiger partial charge < -0.3 is 9.84 Å². The minimum atomic E-state index is -1.01. The Morgan fingerprint density at radius 1 is 1.50 bits per heavy atom. The minimum absolute atomic E-state index is 0.136. The molecule has 0 amide bonds. The number of aliphatic carboxylic acids is 1. The quantitative estimate of drug-likeness (QED) is 0.781. The Labute approximate surface area is 93.2 Å². The molecule has 0 aromatic heterocycles. The van der Waals surface area contributed by atoms with Gasteiger partial charge in [-0.3, -0.25) is 0 Å². The van der Waals surface area contributed by atoms with Gasteiger partial charge in [0.25, 0.3) is 0 Å². The number of ether oxygens (including phenoxy) is 1. The Balaban J connectivity index is 2.42. The van der Waals surface area contributed by atoms with E-state index in [1.165, 1.54) is 6.07 Å². The summed E-state index contributed by atoms with van der Waals surface area (Å²) < 4.78 is 18.3. The molecule has 0 saturated heterocycles. The number of carboxylic acid groups (broad SMARTS) is 1. The van der Waals surface area contributed by atoms with Gasteiger partial charge in [0.05, 0.1) is 13.2 Å². The Kier molecular flexibility index (Phi) is 4.66. The lowest BCUT2D eigenvalue weighted by Gasteiger charge is -2.05. The Hall–Kier alpha value is -1.68. The maximum absolute atomic E-state index is 13.1. The largest absolute Gasteiger partial charge is 0.478 e. The van der Waals surface area contributed by atoms with Crippen LogP contribution in [0.2, 0.25) is 0 Å². The van der Waals surface area contributed by atoms with E-state index in [1.54, 1.807) is 25.1 Å². The molecule has 0 spiro atoms. The average molecular weight is 224 g/mol. The van der Waals surface area contributed by atoms with Gasteiger partial charge in [0, 0.05) is 11.6 Å². The van der Waals surface area contributed by atoms with Crippen molar-refractivity contribution in [3.63, 3.8) is 0 Å². The number of hydrogen-bond acceptors (Lipinski definition) is 2. The topological polar surface area (TPSA) is 46.5 Å². The summed E-state index contributed by atoms with van der Waals surface area (Å²) in [6.45, 7) is 1.97. The molecular formula is C12H13FO3. The van der Waals surface area contributed by atoms with Crippen molar-refractivity contribution in [3.05, 3.63) is 47.3 Å². The fourth-order valence-corrected chi connectivity index (χ4v) is 1.19. The molecule has 1 rings (SSSR count). The van der Waals surface area contributed by atoms with Crippen molar-refractivity contribution >= 4 is 5.97 Å². The van der Waals surface area contributed by atoms with E-state index in [9.17, 15) is 9.18 Å². The van der Waals surface area contributed by atoms with Crippen molar-refractivity contribution in [3.8, 4) is 0 Å². The van der Waals surface area contributed by atoms with Crippen LogP contribution >= 0.6 is 0 Å². The van der Waals surface area contributed by atoms with E-state index in [0.717, 1.165) is 6.08 Å². The fourth-order valence-electron chi connectivity index (χ4n) is 1.19. The van der Waals surface area contributed by atoms with Crippen LogP contribution in [0.15, 0.2) is 35.9 Å². The standard InChI is InChI=1S/C12H13FO3/c1-9(6-12(14)15)7-16-8-10-4-2-3-5-11(10)13/h2-6H,7-8H2,1H3,(H,14,15). The molecular weight excluding hydrogens is 211 g/mol. The van der Waals surface area contributed by atoms with Gasteiger partial charge in [0.15, 0.2) is 0 Å². The lowest BCUT2D eigenvalue weighted by Crippen LogP contribution is -2.00. The van der Waals surface area contributed by atoms with E-state index in [2.05, 4.69) is 0 Å². The Morgan fingerprint density at radius 3 is 2.81 bits per heavy atom. The smallest absolute Gasteiger partial charge is 0.328 e. The zero-order chi connectivity index (χ0) is 12.0. The van der Waals surface area contributed by atoms with Crippen LogP contribution in [0.4, 0.5) is 4.39 Å². The summed E-state index contributed by atoms with van der Waals surface area (Å²) in [6.07, 6.45) is 1.07. The van der Waals surface area contributed by atoms with Gasteiger partial charge in [-0.05, 0) is 18.6 Å². The van der Waals surface area contributed by atoms with Gasteiger partial charge in [0.2, 0.25) is 0 Å². The summed E-state index contributed by atoms with van der Waals surface area (Å²) in [5.74, 6) is -1.32. The van der Waals surface area contributed by atoms with Crippen LogP contribution in [-0.2, 0) is 16.1 Å². The number of hydrogen-bond donors (Lipinski definition) is 1. The van der Waals surface area contributed by atoms with Crippen LogP contribution in [0, 0.1) is 5.82 Å². The number of rotatable bonds is 5. The molecule has 0 heterocycles. The van der Waals surface area contributed by atoms with Crippen molar-refractivity contribution in [2.75, 3.05) is 6.61 Å². The second-order valence-electron chi connectivity index (χ2n) is 3.41.